The second kappa shape index (κ2) is 4.32. The van der Waals surface area contributed by atoms with Crippen LogP contribution in [0.15, 0.2) is 0 Å². The third kappa shape index (κ3) is 2.29. The minimum absolute atomic E-state index is 0.250. The minimum atomic E-state index is -1.28. The van der Waals surface area contributed by atoms with Gasteiger partial charge in [-0.2, -0.15) is 0 Å². The molecular weight excluding hydrogens is 232 g/mol. The normalized spacial score (nSPS) is 20.4. The molecular formula is C9H14N2O4S. The van der Waals surface area contributed by atoms with E-state index in [9.17, 15) is 14.4 Å². The van der Waals surface area contributed by atoms with Crippen LogP contribution < -0.4 is 5.32 Å². The Bertz CT molecular complexity index is 342. The molecule has 1 aliphatic heterocycles. The number of aliphatic carboxylic acids is 1. The van der Waals surface area contributed by atoms with Crippen molar-refractivity contribution in [1.29, 1.82) is 0 Å². The van der Waals surface area contributed by atoms with Gasteiger partial charge in [0.05, 0.1) is 0 Å². The average Bonchev–Trinajstić information content (AvgIpc) is 2.62. The van der Waals surface area contributed by atoms with Crippen LogP contribution in [-0.2, 0) is 9.59 Å². The van der Waals surface area contributed by atoms with Crippen molar-refractivity contribution in [3.8, 4) is 0 Å². The summed E-state index contributed by atoms with van der Waals surface area (Å²) in [6.45, 7) is 2.88. The highest BCUT2D eigenvalue weighted by atomic mass is 32.2. The summed E-state index contributed by atoms with van der Waals surface area (Å²) in [5.74, 6) is -1.12. The number of hydrogen-bond donors (Lipinski definition) is 2. The Hall–Kier alpha value is -1.24. The lowest BCUT2D eigenvalue weighted by Gasteiger charge is -2.33. The van der Waals surface area contributed by atoms with Crippen LogP contribution in [0.3, 0.4) is 0 Å². The first-order valence-electron chi connectivity index (χ1n) is 4.71. The van der Waals surface area contributed by atoms with Gasteiger partial charge < -0.3 is 15.3 Å². The molecule has 1 fully saturated rings. The Morgan fingerprint density at radius 1 is 1.56 bits per heavy atom. The van der Waals surface area contributed by atoms with Gasteiger partial charge >= 0.3 is 5.97 Å². The van der Waals surface area contributed by atoms with Gasteiger partial charge in [-0.1, -0.05) is 11.8 Å². The van der Waals surface area contributed by atoms with Crippen molar-refractivity contribution in [2.75, 3.05) is 12.8 Å². The average molecular weight is 246 g/mol. The van der Waals surface area contributed by atoms with E-state index < -0.39 is 17.6 Å². The van der Waals surface area contributed by atoms with E-state index in [-0.39, 0.29) is 11.1 Å². The summed E-state index contributed by atoms with van der Waals surface area (Å²) in [7, 11) is 1.42. The number of carboxylic acid groups (broad SMARTS) is 1. The smallest absolute Gasteiger partial charge is 0.329 e. The molecule has 1 heterocycles. The zero-order valence-corrected chi connectivity index (χ0v) is 10.1. The molecule has 90 valence electrons. The van der Waals surface area contributed by atoms with Crippen molar-refractivity contribution in [3.63, 3.8) is 0 Å². The van der Waals surface area contributed by atoms with E-state index in [0.717, 1.165) is 16.7 Å². The van der Waals surface area contributed by atoms with E-state index in [1.807, 2.05) is 0 Å². The molecule has 0 radical (unpaired) electrons. The number of carbonyl (C=O) groups is 3. The zero-order valence-electron chi connectivity index (χ0n) is 9.31. The maximum atomic E-state index is 11.9. The van der Waals surface area contributed by atoms with Crippen LogP contribution in [0.5, 0.6) is 0 Å². The Kier molecular flexibility index (Phi) is 3.47. The van der Waals surface area contributed by atoms with E-state index in [1.165, 1.54) is 20.9 Å². The molecule has 2 N–H and O–H groups in total. The highest BCUT2D eigenvalue weighted by molar-refractivity contribution is 8.14. The number of hydrogen-bond acceptors (Lipinski definition) is 4. The molecule has 1 atom stereocenters. The second-order valence-electron chi connectivity index (χ2n) is 4.06. The standard InChI is InChI=1S/C9H14N2O4S/c1-9(2,7(13)14)11(3)6(12)5-4-16-8(15)10-5/h5H,4H2,1-3H3,(H,10,15)(H,13,14). The molecule has 0 aromatic carbocycles. The van der Waals surface area contributed by atoms with Crippen LogP contribution >= 0.6 is 11.8 Å². The molecule has 0 bridgehead atoms. The summed E-state index contributed by atoms with van der Waals surface area (Å²) in [6.07, 6.45) is 0. The molecule has 1 saturated heterocycles. The molecule has 0 aliphatic carbocycles. The number of carboxylic acids is 1. The summed E-state index contributed by atoms with van der Waals surface area (Å²) in [5, 5.41) is 11.2. The Morgan fingerprint density at radius 2 is 2.12 bits per heavy atom. The van der Waals surface area contributed by atoms with Gasteiger partial charge in [0.2, 0.25) is 5.91 Å². The molecule has 1 aliphatic rings. The SMILES string of the molecule is CN(C(=O)C1CSC(=O)N1)C(C)(C)C(=O)O. The first kappa shape index (κ1) is 12.8. The van der Waals surface area contributed by atoms with Crippen molar-refractivity contribution in [2.45, 2.75) is 25.4 Å². The molecule has 0 aromatic rings. The molecule has 0 saturated carbocycles. The van der Waals surface area contributed by atoms with E-state index in [0.29, 0.717) is 5.75 Å². The van der Waals surface area contributed by atoms with Crippen molar-refractivity contribution >= 4 is 28.9 Å². The lowest BCUT2D eigenvalue weighted by molar-refractivity contribution is -0.155. The van der Waals surface area contributed by atoms with E-state index in [2.05, 4.69) is 5.32 Å². The van der Waals surface area contributed by atoms with Gasteiger partial charge in [0.15, 0.2) is 0 Å². The third-order valence-electron chi connectivity index (χ3n) is 2.66. The molecule has 7 heteroatoms. The summed E-state index contributed by atoms with van der Waals surface area (Å²) < 4.78 is 0. The number of likely N-dealkylation sites (N-methyl/N-ethyl adjacent to an activating group) is 1. The summed E-state index contributed by atoms with van der Waals surface area (Å²) >= 11 is 1.03. The fraction of sp³-hybridized carbons (Fsp3) is 0.667. The maximum Gasteiger partial charge on any atom is 0.329 e. The lowest BCUT2D eigenvalue weighted by Crippen LogP contribution is -2.56. The predicted octanol–water partition coefficient (Wildman–Crippen LogP) is 0.133. The fourth-order valence-corrected chi connectivity index (χ4v) is 1.94. The van der Waals surface area contributed by atoms with Gasteiger partial charge in [0, 0.05) is 12.8 Å². The number of thioether (sulfide) groups is 1. The molecule has 1 rings (SSSR count). The Balaban J connectivity index is 2.74. The maximum absolute atomic E-state index is 11.9. The van der Waals surface area contributed by atoms with Gasteiger partial charge in [-0.3, -0.25) is 9.59 Å². The van der Waals surface area contributed by atoms with Crippen molar-refractivity contribution < 1.29 is 19.5 Å². The molecule has 16 heavy (non-hydrogen) atoms. The summed E-state index contributed by atoms with van der Waals surface area (Å²) in [5.41, 5.74) is -1.28. The van der Waals surface area contributed by atoms with Crippen molar-refractivity contribution in [1.82, 2.24) is 10.2 Å². The second-order valence-corrected chi connectivity index (χ2v) is 5.05. The fourth-order valence-electron chi connectivity index (χ4n) is 1.17. The van der Waals surface area contributed by atoms with Gasteiger partial charge in [-0.25, -0.2) is 4.79 Å². The number of nitrogens with one attached hydrogen (secondary N) is 1. The number of nitrogens with zero attached hydrogens (tertiary/aromatic N) is 1. The third-order valence-corrected chi connectivity index (χ3v) is 3.54. The van der Waals surface area contributed by atoms with E-state index in [4.69, 9.17) is 5.11 Å². The van der Waals surface area contributed by atoms with Crippen LogP contribution in [0, 0.1) is 0 Å². The topological polar surface area (TPSA) is 86.7 Å². The molecule has 1 unspecified atom stereocenters. The Labute approximate surface area is 97.4 Å². The van der Waals surface area contributed by atoms with Crippen LogP contribution in [-0.4, -0.2) is 51.5 Å². The van der Waals surface area contributed by atoms with Crippen LogP contribution in [0.4, 0.5) is 4.79 Å². The Morgan fingerprint density at radius 3 is 2.50 bits per heavy atom. The van der Waals surface area contributed by atoms with Crippen LogP contribution in [0.1, 0.15) is 13.8 Å². The van der Waals surface area contributed by atoms with Crippen molar-refractivity contribution in [3.05, 3.63) is 0 Å². The number of amides is 2. The van der Waals surface area contributed by atoms with Gasteiger partial charge in [-0.05, 0) is 13.8 Å². The molecule has 0 aromatic heterocycles. The summed E-state index contributed by atoms with van der Waals surface area (Å²) in [4.78, 5) is 34.9. The van der Waals surface area contributed by atoms with Gasteiger partial charge in [0.25, 0.3) is 5.24 Å². The number of rotatable bonds is 3. The van der Waals surface area contributed by atoms with Crippen molar-refractivity contribution in [2.24, 2.45) is 0 Å². The van der Waals surface area contributed by atoms with Crippen LogP contribution in [0.2, 0.25) is 0 Å². The van der Waals surface area contributed by atoms with Crippen LogP contribution in [0.25, 0.3) is 0 Å². The first-order valence-corrected chi connectivity index (χ1v) is 5.69. The van der Waals surface area contributed by atoms with Gasteiger partial charge in [0.1, 0.15) is 11.6 Å². The van der Waals surface area contributed by atoms with Gasteiger partial charge in [-0.15, -0.1) is 0 Å². The van der Waals surface area contributed by atoms with E-state index >= 15 is 0 Å². The highest BCUT2D eigenvalue weighted by Crippen LogP contribution is 2.19. The minimum Gasteiger partial charge on any atom is -0.480 e. The first-order chi connectivity index (χ1) is 7.26. The summed E-state index contributed by atoms with van der Waals surface area (Å²) in [6, 6.07) is -0.624. The van der Waals surface area contributed by atoms with E-state index in [1.54, 1.807) is 0 Å². The highest BCUT2D eigenvalue weighted by Gasteiger charge is 2.39. The largest absolute Gasteiger partial charge is 0.480 e. The molecule has 2 amide bonds. The predicted molar refractivity (Wildman–Crippen MR) is 59.3 cm³/mol. The molecule has 0 spiro atoms. The quantitative estimate of drug-likeness (QED) is 0.739. The number of carbonyl (C=O) groups excluding carboxylic acids is 2. The lowest BCUT2D eigenvalue weighted by atomic mass is 10.0. The zero-order chi connectivity index (χ0) is 12.5. The molecule has 6 nitrogen and oxygen atoms in total. The monoisotopic (exact) mass is 246 g/mol.